The van der Waals surface area contributed by atoms with E-state index in [2.05, 4.69) is 0 Å². The molecular weight excluding hydrogens is 394 g/mol. The fourth-order valence-corrected chi connectivity index (χ4v) is 6.95. The molecule has 0 unspecified atom stereocenters. The van der Waals surface area contributed by atoms with E-state index in [9.17, 15) is 13.2 Å². The molecule has 2 aliphatic rings. The van der Waals surface area contributed by atoms with Gasteiger partial charge in [0, 0.05) is 18.3 Å². The van der Waals surface area contributed by atoms with Crippen LogP contribution in [-0.4, -0.2) is 42.6 Å². The lowest BCUT2D eigenvalue weighted by Crippen LogP contribution is -2.49. The fraction of sp³-hybridized carbons (Fsp3) is 0.571. The smallest absolute Gasteiger partial charge is 0.319 e. The Morgan fingerprint density at radius 2 is 1.93 bits per heavy atom. The summed E-state index contributed by atoms with van der Waals surface area (Å²) in [7, 11) is -3.71. The summed E-state index contributed by atoms with van der Waals surface area (Å²) in [4.78, 5) is 13.6. The summed E-state index contributed by atoms with van der Waals surface area (Å²) in [5, 5.41) is 1.96. The molecule has 0 saturated carbocycles. The molecule has 2 aliphatic heterocycles. The average Bonchev–Trinajstić information content (AvgIpc) is 3.13. The highest BCUT2D eigenvalue weighted by molar-refractivity contribution is 8.02. The maximum Gasteiger partial charge on any atom is 0.319 e. The highest BCUT2D eigenvalue weighted by Crippen LogP contribution is 2.53. The molecule has 2 heterocycles. The molecule has 7 heteroatoms. The summed E-state index contributed by atoms with van der Waals surface area (Å²) >= 11 is 1.57. The summed E-state index contributed by atoms with van der Waals surface area (Å²) in [5.74, 6) is 0.221. The molecule has 0 aliphatic carbocycles. The first-order valence-electron chi connectivity index (χ1n) is 9.65. The van der Waals surface area contributed by atoms with Gasteiger partial charge in [-0.1, -0.05) is 31.0 Å². The van der Waals surface area contributed by atoms with Crippen LogP contribution in [0.2, 0.25) is 0 Å². The van der Waals surface area contributed by atoms with E-state index in [1.807, 2.05) is 40.0 Å². The van der Waals surface area contributed by atoms with Crippen molar-refractivity contribution in [3.8, 4) is 0 Å². The minimum atomic E-state index is -3.71. The van der Waals surface area contributed by atoms with E-state index in [0.717, 1.165) is 17.6 Å². The van der Waals surface area contributed by atoms with Gasteiger partial charge in [-0.05, 0) is 57.2 Å². The average molecular weight is 424 g/mol. The second-order valence-corrected chi connectivity index (χ2v) is 11.3. The highest BCUT2D eigenvalue weighted by Gasteiger charge is 2.61. The molecule has 1 aromatic carbocycles. The van der Waals surface area contributed by atoms with E-state index in [-0.39, 0.29) is 17.4 Å². The van der Waals surface area contributed by atoms with Crippen LogP contribution in [0.15, 0.2) is 40.1 Å². The van der Waals surface area contributed by atoms with Crippen molar-refractivity contribution in [2.75, 3.05) is 12.3 Å². The first-order chi connectivity index (χ1) is 13.0. The number of aryl methyl sites for hydroxylation is 1. The summed E-state index contributed by atoms with van der Waals surface area (Å²) in [5.41, 5.74) is 0.350. The zero-order chi connectivity index (χ0) is 20.7. The van der Waals surface area contributed by atoms with Crippen molar-refractivity contribution in [3.05, 3.63) is 40.8 Å². The number of hydrogen-bond acceptors (Lipinski definition) is 5. The van der Waals surface area contributed by atoms with E-state index >= 15 is 0 Å². The molecule has 3 rings (SSSR count). The van der Waals surface area contributed by atoms with Gasteiger partial charge in [0.1, 0.15) is 11.0 Å². The number of benzene rings is 1. The Bertz CT molecular complexity index is 884. The van der Waals surface area contributed by atoms with Crippen LogP contribution in [0.3, 0.4) is 0 Å². The third-order valence-corrected chi connectivity index (χ3v) is 8.25. The van der Waals surface area contributed by atoms with Gasteiger partial charge in [0.2, 0.25) is 10.0 Å². The van der Waals surface area contributed by atoms with Gasteiger partial charge in [-0.2, -0.15) is 4.31 Å². The van der Waals surface area contributed by atoms with Crippen LogP contribution < -0.4 is 0 Å². The Morgan fingerprint density at radius 1 is 1.29 bits per heavy atom. The number of esters is 1. The van der Waals surface area contributed by atoms with Crippen LogP contribution in [-0.2, 0) is 19.6 Å². The number of fused-ring (bicyclic) bond motifs is 1. The number of thioether (sulfide) groups is 1. The number of hydrogen-bond donors (Lipinski definition) is 0. The number of ether oxygens (including phenoxy) is 1. The van der Waals surface area contributed by atoms with Gasteiger partial charge in [0.05, 0.1) is 4.90 Å². The molecule has 0 spiro atoms. The first-order valence-corrected chi connectivity index (χ1v) is 12.1. The molecule has 0 amide bonds. The predicted octanol–water partition coefficient (Wildman–Crippen LogP) is 4.13. The van der Waals surface area contributed by atoms with Crippen LogP contribution in [0.5, 0.6) is 0 Å². The van der Waals surface area contributed by atoms with Crippen molar-refractivity contribution in [2.45, 2.75) is 64.0 Å². The lowest BCUT2D eigenvalue weighted by atomic mass is 9.77. The monoisotopic (exact) mass is 423 g/mol. The molecule has 1 fully saturated rings. The van der Waals surface area contributed by atoms with Crippen LogP contribution in [0.25, 0.3) is 0 Å². The third kappa shape index (κ3) is 3.64. The molecule has 0 bridgehead atoms. The lowest BCUT2D eigenvalue weighted by Gasteiger charge is -2.36. The van der Waals surface area contributed by atoms with Gasteiger partial charge in [0.15, 0.2) is 0 Å². The minimum absolute atomic E-state index is 0.243. The normalized spacial score (nSPS) is 25.5. The molecule has 1 saturated heterocycles. The predicted molar refractivity (Wildman–Crippen MR) is 113 cm³/mol. The number of carbonyl (C=O) groups excluding carboxylic acids is 1. The van der Waals surface area contributed by atoms with Gasteiger partial charge in [-0.3, -0.25) is 4.79 Å². The quantitative estimate of drug-likeness (QED) is 0.667. The van der Waals surface area contributed by atoms with Crippen LogP contribution >= 0.6 is 11.8 Å². The Hall–Kier alpha value is -1.31. The maximum absolute atomic E-state index is 13.5. The molecule has 5 nitrogen and oxygen atoms in total. The molecular formula is C21H29NO4S2. The Morgan fingerprint density at radius 3 is 2.50 bits per heavy atom. The molecule has 154 valence electrons. The van der Waals surface area contributed by atoms with Crippen molar-refractivity contribution in [2.24, 2.45) is 5.41 Å². The lowest BCUT2D eigenvalue weighted by molar-refractivity contribution is -0.165. The Kier molecular flexibility index (Phi) is 5.73. The summed E-state index contributed by atoms with van der Waals surface area (Å²) in [6.07, 6.45) is 1.40. The Labute approximate surface area is 172 Å². The molecule has 1 aromatic rings. The van der Waals surface area contributed by atoms with Crippen molar-refractivity contribution >= 4 is 27.8 Å². The molecule has 0 radical (unpaired) electrons. The fourth-order valence-electron chi connectivity index (χ4n) is 3.94. The summed E-state index contributed by atoms with van der Waals surface area (Å²) in [6.45, 7) is 9.72. The topological polar surface area (TPSA) is 63.7 Å². The van der Waals surface area contributed by atoms with Gasteiger partial charge in [-0.25, -0.2) is 8.42 Å². The van der Waals surface area contributed by atoms with Crippen LogP contribution in [0.1, 0.15) is 46.1 Å². The van der Waals surface area contributed by atoms with Crippen LogP contribution in [0.4, 0.5) is 0 Å². The van der Waals surface area contributed by atoms with Gasteiger partial charge in [-0.15, -0.1) is 11.8 Å². The van der Waals surface area contributed by atoms with Crippen molar-refractivity contribution < 1.29 is 17.9 Å². The number of carbonyl (C=O) groups is 1. The zero-order valence-corrected chi connectivity index (χ0v) is 18.8. The van der Waals surface area contributed by atoms with Gasteiger partial charge < -0.3 is 4.74 Å². The third-order valence-electron chi connectivity index (χ3n) is 5.31. The van der Waals surface area contributed by atoms with E-state index < -0.39 is 27.1 Å². The van der Waals surface area contributed by atoms with Gasteiger partial charge >= 0.3 is 5.97 Å². The maximum atomic E-state index is 13.5. The molecule has 0 aromatic heterocycles. The standard InChI is InChI=1S/C21H29NO4S2/c1-6-7-18-21(19(23)26-20(3,4)5)14-27-13-16(21)12-22(18)28(24,25)17-10-8-15(2)9-11-17/h8-11,13,18H,6-7,12,14H2,1-5H3/t18-,21+/m0/s1. The summed E-state index contributed by atoms with van der Waals surface area (Å²) in [6, 6.07) is 6.46. The largest absolute Gasteiger partial charge is 0.459 e. The van der Waals surface area contributed by atoms with E-state index in [1.54, 1.807) is 36.0 Å². The first kappa shape index (κ1) is 21.4. The van der Waals surface area contributed by atoms with E-state index in [0.29, 0.717) is 12.2 Å². The molecule has 28 heavy (non-hydrogen) atoms. The minimum Gasteiger partial charge on any atom is -0.459 e. The zero-order valence-electron chi connectivity index (χ0n) is 17.2. The van der Waals surface area contributed by atoms with Crippen molar-refractivity contribution in [3.63, 3.8) is 0 Å². The Balaban J connectivity index is 2.05. The van der Waals surface area contributed by atoms with E-state index in [4.69, 9.17) is 4.74 Å². The number of sulfonamides is 1. The number of rotatable bonds is 5. The molecule has 0 N–H and O–H groups in total. The van der Waals surface area contributed by atoms with E-state index in [1.165, 1.54) is 4.31 Å². The second-order valence-electron chi connectivity index (χ2n) is 8.60. The van der Waals surface area contributed by atoms with Crippen molar-refractivity contribution in [1.29, 1.82) is 0 Å². The highest BCUT2D eigenvalue weighted by atomic mass is 32.2. The van der Waals surface area contributed by atoms with Gasteiger partial charge in [0.25, 0.3) is 0 Å². The van der Waals surface area contributed by atoms with Crippen molar-refractivity contribution in [1.82, 2.24) is 4.31 Å². The summed E-state index contributed by atoms with van der Waals surface area (Å²) < 4.78 is 34.2. The van der Waals surface area contributed by atoms with Crippen LogP contribution in [0, 0.1) is 12.3 Å². The number of nitrogens with zero attached hydrogens (tertiary/aromatic N) is 1. The second kappa shape index (κ2) is 7.50. The molecule has 2 atom stereocenters. The SMILES string of the molecule is CCC[C@@H]1N(S(=O)(=O)c2ccc(C)cc2)CC2=CSC[C@@]21C(=O)OC(C)(C)C.